The van der Waals surface area contributed by atoms with Crippen molar-refractivity contribution in [2.24, 2.45) is 0 Å². The number of carbonyl (C=O) groups is 1. The summed E-state index contributed by atoms with van der Waals surface area (Å²) in [6.07, 6.45) is 3.05. The van der Waals surface area contributed by atoms with Gasteiger partial charge in [0.25, 0.3) is 0 Å². The van der Waals surface area contributed by atoms with Gasteiger partial charge in [0.15, 0.2) is 0 Å². The van der Waals surface area contributed by atoms with E-state index in [0.717, 1.165) is 17.0 Å². The van der Waals surface area contributed by atoms with Crippen LogP contribution < -0.4 is 4.74 Å². The minimum Gasteiger partial charge on any atom is -0.490 e. The summed E-state index contributed by atoms with van der Waals surface area (Å²) in [5.41, 5.74) is 2.36. The number of carbonyl (C=O) groups excluding carboxylic acids is 1. The van der Waals surface area contributed by atoms with Gasteiger partial charge in [-0.3, -0.25) is 0 Å². The van der Waals surface area contributed by atoms with Crippen LogP contribution in [0.1, 0.15) is 15.9 Å². The Labute approximate surface area is 139 Å². The highest BCUT2D eigenvalue weighted by molar-refractivity contribution is 5.89. The van der Waals surface area contributed by atoms with Crippen molar-refractivity contribution >= 4 is 5.97 Å². The topological polar surface area (TPSA) is 66.2 Å². The average Bonchev–Trinajstić information content (AvgIpc) is 3.15. The van der Waals surface area contributed by atoms with Gasteiger partial charge >= 0.3 is 5.97 Å². The van der Waals surface area contributed by atoms with Crippen molar-refractivity contribution < 1.29 is 14.3 Å². The van der Waals surface area contributed by atoms with Gasteiger partial charge in [-0.05, 0) is 42.8 Å². The lowest BCUT2D eigenvalue weighted by molar-refractivity contribution is 0.0450. The molecule has 0 unspecified atom stereocenters. The van der Waals surface area contributed by atoms with E-state index in [-0.39, 0.29) is 12.6 Å². The molecule has 24 heavy (non-hydrogen) atoms. The SMILES string of the molecule is Cc1ccccc1OCCOC(=O)c1ccc(-n2cncn2)cc1. The lowest BCUT2D eigenvalue weighted by atomic mass is 10.2. The summed E-state index contributed by atoms with van der Waals surface area (Å²) in [7, 11) is 0. The molecule has 0 atom stereocenters. The second kappa shape index (κ2) is 7.41. The number of para-hydroxylation sites is 1. The molecular weight excluding hydrogens is 306 g/mol. The summed E-state index contributed by atoms with van der Waals surface area (Å²) in [5.74, 6) is 0.416. The molecule has 6 heteroatoms. The first kappa shape index (κ1) is 15.7. The second-order valence-electron chi connectivity index (χ2n) is 5.14. The Kier molecular flexibility index (Phi) is 4.86. The maximum absolute atomic E-state index is 12.0. The van der Waals surface area contributed by atoms with Gasteiger partial charge in [0.05, 0.1) is 11.3 Å². The Morgan fingerprint density at radius 2 is 1.88 bits per heavy atom. The fraction of sp³-hybridized carbons (Fsp3) is 0.167. The first-order valence-corrected chi connectivity index (χ1v) is 7.54. The molecule has 0 bridgehead atoms. The van der Waals surface area contributed by atoms with Gasteiger partial charge in [-0.15, -0.1) is 0 Å². The number of nitrogens with zero attached hydrogens (tertiary/aromatic N) is 3. The lowest BCUT2D eigenvalue weighted by Gasteiger charge is -2.09. The molecule has 2 aromatic carbocycles. The van der Waals surface area contributed by atoms with Gasteiger partial charge in [-0.25, -0.2) is 14.5 Å². The highest BCUT2D eigenvalue weighted by Gasteiger charge is 2.08. The molecule has 0 N–H and O–H groups in total. The summed E-state index contributed by atoms with van der Waals surface area (Å²) >= 11 is 0. The fourth-order valence-corrected chi connectivity index (χ4v) is 2.18. The lowest BCUT2D eigenvalue weighted by Crippen LogP contribution is -2.12. The van der Waals surface area contributed by atoms with E-state index in [9.17, 15) is 4.79 Å². The smallest absolute Gasteiger partial charge is 0.338 e. The highest BCUT2D eigenvalue weighted by atomic mass is 16.6. The Bertz CT molecular complexity index is 799. The number of hydrogen-bond acceptors (Lipinski definition) is 5. The first-order chi connectivity index (χ1) is 11.7. The van der Waals surface area contributed by atoms with Crippen molar-refractivity contribution in [2.75, 3.05) is 13.2 Å². The van der Waals surface area contributed by atoms with Crippen LogP contribution in [0.5, 0.6) is 5.75 Å². The quantitative estimate of drug-likeness (QED) is 0.515. The zero-order valence-electron chi connectivity index (χ0n) is 13.3. The van der Waals surface area contributed by atoms with Crippen LogP contribution in [0.3, 0.4) is 0 Å². The van der Waals surface area contributed by atoms with Gasteiger partial charge < -0.3 is 9.47 Å². The molecule has 1 heterocycles. The van der Waals surface area contributed by atoms with E-state index < -0.39 is 0 Å². The molecule has 0 aliphatic carbocycles. The summed E-state index contributed by atoms with van der Waals surface area (Å²) in [6.45, 7) is 2.48. The molecule has 0 fully saturated rings. The van der Waals surface area contributed by atoms with Crippen molar-refractivity contribution in [3.05, 3.63) is 72.3 Å². The average molecular weight is 323 g/mol. The highest BCUT2D eigenvalue weighted by Crippen LogP contribution is 2.16. The van der Waals surface area contributed by atoms with Crippen LogP contribution in [0.4, 0.5) is 0 Å². The second-order valence-corrected chi connectivity index (χ2v) is 5.14. The van der Waals surface area contributed by atoms with Gasteiger partial charge in [0.1, 0.15) is 31.6 Å². The molecule has 0 saturated carbocycles. The number of aromatic nitrogens is 3. The zero-order chi connectivity index (χ0) is 16.8. The predicted octanol–water partition coefficient (Wildman–Crippen LogP) is 2.81. The van der Waals surface area contributed by atoms with E-state index in [1.165, 1.54) is 6.33 Å². The minimum atomic E-state index is -0.381. The predicted molar refractivity (Wildman–Crippen MR) is 88.3 cm³/mol. The Morgan fingerprint density at radius 1 is 1.08 bits per heavy atom. The van der Waals surface area contributed by atoms with Crippen molar-refractivity contribution in [1.29, 1.82) is 0 Å². The zero-order valence-corrected chi connectivity index (χ0v) is 13.3. The van der Waals surface area contributed by atoms with Crippen LogP contribution in [0.2, 0.25) is 0 Å². The Balaban J connectivity index is 1.49. The van der Waals surface area contributed by atoms with Gasteiger partial charge in [-0.2, -0.15) is 5.10 Å². The molecule has 0 radical (unpaired) electrons. The van der Waals surface area contributed by atoms with Crippen LogP contribution in [-0.4, -0.2) is 33.9 Å². The van der Waals surface area contributed by atoms with E-state index in [1.54, 1.807) is 35.3 Å². The maximum atomic E-state index is 12.0. The Hall–Kier alpha value is -3.15. The van der Waals surface area contributed by atoms with Crippen molar-refractivity contribution in [3.8, 4) is 11.4 Å². The third kappa shape index (κ3) is 3.78. The number of hydrogen-bond donors (Lipinski definition) is 0. The third-order valence-corrected chi connectivity index (χ3v) is 3.45. The number of rotatable bonds is 6. The van der Waals surface area contributed by atoms with Crippen molar-refractivity contribution in [2.45, 2.75) is 6.92 Å². The minimum absolute atomic E-state index is 0.192. The Morgan fingerprint density at radius 3 is 2.58 bits per heavy atom. The van der Waals surface area contributed by atoms with Crippen LogP contribution in [0, 0.1) is 6.92 Å². The standard InChI is InChI=1S/C18H17N3O3/c1-14-4-2-3-5-17(14)23-10-11-24-18(22)15-6-8-16(9-7-15)21-13-19-12-20-21/h2-9,12-13H,10-11H2,1H3. The van der Waals surface area contributed by atoms with Crippen molar-refractivity contribution in [1.82, 2.24) is 14.8 Å². The van der Waals surface area contributed by atoms with Crippen LogP contribution in [-0.2, 0) is 4.74 Å². The summed E-state index contributed by atoms with van der Waals surface area (Å²) < 4.78 is 12.4. The molecule has 1 aromatic heterocycles. The van der Waals surface area contributed by atoms with Crippen LogP contribution in [0.15, 0.2) is 61.2 Å². The summed E-state index contributed by atoms with van der Waals surface area (Å²) in [5, 5.41) is 4.03. The maximum Gasteiger partial charge on any atom is 0.338 e. The van der Waals surface area contributed by atoms with Gasteiger partial charge in [0.2, 0.25) is 0 Å². The van der Waals surface area contributed by atoms with Crippen molar-refractivity contribution in [3.63, 3.8) is 0 Å². The molecule has 3 rings (SSSR count). The monoisotopic (exact) mass is 323 g/mol. The first-order valence-electron chi connectivity index (χ1n) is 7.54. The molecule has 0 amide bonds. The van der Waals surface area contributed by atoms with E-state index in [1.807, 2.05) is 31.2 Å². The van der Waals surface area contributed by atoms with E-state index in [0.29, 0.717) is 12.2 Å². The van der Waals surface area contributed by atoms with E-state index >= 15 is 0 Å². The van der Waals surface area contributed by atoms with Crippen LogP contribution >= 0.6 is 0 Å². The molecule has 122 valence electrons. The molecule has 0 aliphatic rings. The summed E-state index contributed by atoms with van der Waals surface area (Å²) in [6, 6.07) is 14.7. The normalized spacial score (nSPS) is 10.4. The third-order valence-electron chi connectivity index (χ3n) is 3.45. The number of benzene rings is 2. The molecule has 0 aliphatic heterocycles. The van der Waals surface area contributed by atoms with Gasteiger partial charge in [0, 0.05) is 0 Å². The largest absolute Gasteiger partial charge is 0.490 e. The number of esters is 1. The fourth-order valence-electron chi connectivity index (χ4n) is 2.18. The number of aryl methyl sites for hydroxylation is 1. The van der Waals surface area contributed by atoms with Crippen LogP contribution in [0.25, 0.3) is 5.69 Å². The number of ether oxygens (including phenoxy) is 2. The molecule has 6 nitrogen and oxygen atoms in total. The molecule has 0 saturated heterocycles. The van der Waals surface area contributed by atoms with Gasteiger partial charge in [-0.1, -0.05) is 18.2 Å². The van der Waals surface area contributed by atoms with E-state index in [4.69, 9.17) is 9.47 Å². The molecule has 3 aromatic rings. The molecular formula is C18H17N3O3. The summed E-state index contributed by atoms with van der Waals surface area (Å²) in [4.78, 5) is 15.9. The van der Waals surface area contributed by atoms with E-state index in [2.05, 4.69) is 10.1 Å². The molecule has 0 spiro atoms.